The van der Waals surface area contributed by atoms with Gasteiger partial charge in [0.25, 0.3) is 0 Å². The number of benzene rings is 2. The molecule has 0 radical (unpaired) electrons. The fourth-order valence-electron chi connectivity index (χ4n) is 3.00. The zero-order valence-corrected chi connectivity index (χ0v) is 14.9. The summed E-state index contributed by atoms with van der Waals surface area (Å²) in [4.78, 5) is 12.4. The average Bonchev–Trinajstić information content (AvgIpc) is 2.69. The van der Waals surface area contributed by atoms with Gasteiger partial charge in [0.15, 0.2) is 5.78 Å². The van der Waals surface area contributed by atoms with Crippen molar-refractivity contribution >= 4 is 5.78 Å². The van der Waals surface area contributed by atoms with Gasteiger partial charge in [0.05, 0.1) is 12.2 Å². The molecular formula is C20H22O8. The molecule has 2 aromatic carbocycles. The molecule has 5 atom stereocenters. The van der Waals surface area contributed by atoms with Crippen molar-refractivity contribution in [2.75, 3.05) is 6.61 Å². The molecule has 8 heteroatoms. The molecule has 1 fully saturated rings. The highest BCUT2D eigenvalue weighted by atomic mass is 16.7. The standard InChI is InChI=1S/C20H22O8/c21-10-16-17(24)18(25)19(26)20(28-16)27-12-6-7-13(15(23)9-12)14(22)8-11-4-2-1-3-5-11/h1-7,9,16-21,23-26H,8,10H2/t16-,17+,18-,19-,20-/m1/s1. The van der Waals surface area contributed by atoms with Crippen molar-refractivity contribution in [3.63, 3.8) is 0 Å². The number of phenolic OH excluding ortho intramolecular Hbond substituents is 1. The summed E-state index contributed by atoms with van der Waals surface area (Å²) >= 11 is 0. The monoisotopic (exact) mass is 390 g/mol. The lowest BCUT2D eigenvalue weighted by Crippen LogP contribution is -2.60. The van der Waals surface area contributed by atoms with Crippen molar-refractivity contribution in [2.45, 2.75) is 37.1 Å². The SMILES string of the molecule is O=C(Cc1ccccc1)c1ccc(O[C@@H]2O[C@H](CO)[C@H](O)[C@@H](O)[C@H]2O)cc1O. The lowest BCUT2D eigenvalue weighted by Gasteiger charge is -2.39. The summed E-state index contributed by atoms with van der Waals surface area (Å²) in [6.45, 7) is -0.580. The van der Waals surface area contributed by atoms with Gasteiger partial charge in [-0.2, -0.15) is 0 Å². The van der Waals surface area contributed by atoms with Gasteiger partial charge in [0.2, 0.25) is 6.29 Å². The fraction of sp³-hybridized carbons (Fsp3) is 0.350. The molecule has 1 saturated heterocycles. The molecule has 0 unspecified atom stereocenters. The van der Waals surface area contributed by atoms with Gasteiger partial charge in [-0.25, -0.2) is 0 Å². The minimum absolute atomic E-state index is 0.0816. The Labute approximate surface area is 161 Å². The number of aliphatic hydroxyl groups excluding tert-OH is 4. The Morgan fingerprint density at radius 3 is 2.36 bits per heavy atom. The van der Waals surface area contributed by atoms with Crippen LogP contribution >= 0.6 is 0 Å². The lowest BCUT2D eigenvalue weighted by molar-refractivity contribution is -0.277. The second-order valence-electron chi connectivity index (χ2n) is 6.58. The molecule has 1 heterocycles. The van der Waals surface area contributed by atoms with Crippen LogP contribution in [0.3, 0.4) is 0 Å². The number of phenols is 1. The molecule has 1 aliphatic heterocycles. The van der Waals surface area contributed by atoms with Crippen molar-refractivity contribution in [3.8, 4) is 11.5 Å². The predicted octanol–water partition coefficient (Wildman–Crippen LogP) is -0.00370. The smallest absolute Gasteiger partial charge is 0.229 e. The Morgan fingerprint density at radius 1 is 1.00 bits per heavy atom. The van der Waals surface area contributed by atoms with Gasteiger partial charge in [-0.1, -0.05) is 30.3 Å². The van der Waals surface area contributed by atoms with Crippen LogP contribution in [0.2, 0.25) is 0 Å². The number of rotatable bonds is 6. The molecule has 0 aliphatic carbocycles. The van der Waals surface area contributed by atoms with E-state index in [1.807, 2.05) is 30.3 Å². The normalized spacial score (nSPS) is 27.4. The molecule has 2 aromatic rings. The predicted molar refractivity (Wildman–Crippen MR) is 97.0 cm³/mol. The van der Waals surface area contributed by atoms with E-state index in [9.17, 15) is 30.3 Å². The topological polar surface area (TPSA) is 137 Å². The summed E-state index contributed by atoms with van der Waals surface area (Å²) in [5.74, 6) is -0.496. The first-order valence-corrected chi connectivity index (χ1v) is 8.78. The van der Waals surface area contributed by atoms with Crippen molar-refractivity contribution in [1.29, 1.82) is 0 Å². The number of carbonyl (C=O) groups excluding carboxylic acids is 1. The van der Waals surface area contributed by atoms with E-state index in [4.69, 9.17) is 9.47 Å². The highest BCUT2D eigenvalue weighted by Gasteiger charge is 2.44. The van der Waals surface area contributed by atoms with E-state index in [0.29, 0.717) is 0 Å². The van der Waals surface area contributed by atoms with Gasteiger partial charge in [0, 0.05) is 12.5 Å². The van der Waals surface area contributed by atoms with Crippen molar-refractivity contribution < 1.29 is 39.8 Å². The molecule has 28 heavy (non-hydrogen) atoms. The minimum atomic E-state index is -1.57. The highest BCUT2D eigenvalue weighted by Crippen LogP contribution is 2.29. The first-order chi connectivity index (χ1) is 13.4. The van der Waals surface area contributed by atoms with Crippen LogP contribution in [0, 0.1) is 0 Å². The number of carbonyl (C=O) groups is 1. The molecule has 8 nitrogen and oxygen atoms in total. The van der Waals surface area contributed by atoms with Crippen LogP contribution in [0.5, 0.6) is 11.5 Å². The first-order valence-electron chi connectivity index (χ1n) is 8.78. The van der Waals surface area contributed by atoms with E-state index in [1.54, 1.807) is 0 Å². The molecular weight excluding hydrogens is 368 g/mol. The molecule has 0 spiro atoms. The molecule has 3 rings (SSSR count). The van der Waals surface area contributed by atoms with Crippen LogP contribution in [0.15, 0.2) is 48.5 Å². The second kappa shape index (κ2) is 8.68. The summed E-state index contributed by atoms with van der Waals surface area (Å²) in [5.41, 5.74) is 0.929. The summed E-state index contributed by atoms with van der Waals surface area (Å²) in [5, 5.41) is 49.0. The van der Waals surface area contributed by atoms with E-state index in [0.717, 1.165) is 5.56 Å². The van der Waals surface area contributed by atoms with Gasteiger partial charge >= 0.3 is 0 Å². The molecule has 0 saturated carbocycles. The third-order valence-electron chi connectivity index (χ3n) is 4.58. The first kappa shape index (κ1) is 20.2. The Balaban J connectivity index is 1.71. The number of Topliss-reactive ketones (excluding diaryl/α,β-unsaturated/α-hetero) is 1. The van der Waals surface area contributed by atoms with Crippen LogP contribution in [0.1, 0.15) is 15.9 Å². The Kier molecular flexibility index (Phi) is 6.28. The maximum atomic E-state index is 12.4. The number of hydrogen-bond acceptors (Lipinski definition) is 8. The second-order valence-corrected chi connectivity index (χ2v) is 6.58. The summed E-state index contributed by atoms with van der Waals surface area (Å²) < 4.78 is 10.7. The lowest BCUT2D eigenvalue weighted by atomic mass is 9.99. The van der Waals surface area contributed by atoms with Gasteiger partial charge in [-0.3, -0.25) is 4.79 Å². The van der Waals surface area contributed by atoms with Crippen LogP contribution in [-0.2, 0) is 11.2 Å². The zero-order chi connectivity index (χ0) is 20.3. The number of ether oxygens (including phenoxy) is 2. The van der Waals surface area contributed by atoms with Gasteiger partial charge < -0.3 is 35.0 Å². The molecule has 150 valence electrons. The molecule has 0 amide bonds. The van der Waals surface area contributed by atoms with E-state index in [2.05, 4.69) is 0 Å². The van der Waals surface area contributed by atoms with E-state index in [1.165, 1.54) is 18.2 Å². The molecule has 0 bridgehead atoms. The van der Waals surface area contributed by atoms with E-state index >= 15 is 0 Å². The van der Waals surface area contributed by atoms with Gasteiger partial charge in [-0.05, 0) is 17.7 Å². The van der Waals surface area contributed by atoms with Gasteiger partial charge in [-0.15, -0.1) is 0 Å². The molecule has 0 aromatic heterocycles. The Morgan fingerprint density at radius 2 is 1.71 bits per heavy atom. The maximum Gasteiger partial charge on any atom is 0.229 e. The Hall–Kier alpha value is -2.49. The summed E-state index contributed by atoms with van der Waals surface area (Å²) in [7, 11) is 0. The third-order valence-corrected chi connectivity index (χ3v) is 4.58. The molecule has 1 aliphatic rings. The average molecular weight is 390 g/mol. The van der Waals surface area contributed by atoms with E-state index < -0.39 is 37.3 Å². The van der Waals surface area contributed by atoms with Crippen LogP contribution < -0.4 is 4.74 Å². The highest BCUT2D eigenvalue weighted by molar-refractivity contribution is 6.00. The third kappa shape index (κ3) is 4.32. The van der Waals surface area contributed by atoms with Crippen molar-refractivity contribution in [2.24, 2.45) is 0 Å². The zero-order valence-electron chi connectivity index (χ0n) is 14.9. The van der Waals surface area contributed by atoms with Crippen molar-refractivity contribution in [1.82, 2.24) is 0 Å². The van der Waals surface area contributed by atoms with E-state index in [-0.39, 0.29) is 29.3 Å². The summed E-state index contributed by atoms with van der Waals surface area (Å²) in [6, 6.07) is 13.1. The quantitative estimate of drug-likeness (QED) is 0.435. The van der Waals surface area contributed by atoms with Crippen LogP contribution in [-0.4, -0.2) is 68.6 Å². The number of ketones is 1. The number of hydrogen-bond donors (Lipinski definition) is 5. The fourth-order valence-corrected chi connectivity index (χ4v) is 3.00. The number of aromatic hydroxyl groups is 1. The maximum absolute atomic E-state index is 12.4. The summed E-state index contributed by atoms with van der Waals surface area (Å²) in [6.07, 6.45) is -6.99. The largest absolute Gasteiger partial charge is 0.507 e. The van der Waals surface area contributed by atoms with Gasteiger partial charge in [0.1, 0.15) is 35.9 Å². The number of aliphatic hydroxyl groups is 4. The van der Waals surface area contributed by atoms with Crippen LogP contribution in [0.25, 0.3) is 0 Å². The minimum Gasteiger partial charge on any atom is -0.507 e. The Bertz CT molecular complexity index is 807. The van der Waals surface area contributed by atoms with Crippen molar-refractivity contribution in [3.05, 3.63) is 59.7 Å². The van der Waals surface area contributed by atoms with Crippen LogP contribution in [0.4, 0.5) is 0 Å². The molecule has 5 N–H and O–H groups in total.